The van der Waals surface area contributed by atoms with E-state index in [1.807, 2.05) is 0 Å². The second-order valence-electron chi connectivity index (χ2n) is 6.37. The number of carboxylic acids is 1. The van der Waals surface area contributed by atoms with E-state index in [1.165, 1.54) is 22.8 Å². The molecule has 1 aromatic heterocycles. The Morgan fingerprint density at radius 1 is 1.06 bits per heavy atom. The van der Waals surface area contributed by atoms with Crippen LogP contribution in [0.25, 0.3) is 11.3 Å². The molecule has 10 heteroatoms. The average molecular weight is 472 g/mol. The van der Waals surface area contributed by atoms with Crippen LogP contribution in [0.3, 0.4) is 0 Å². The van der Waals surface area contributed by atoms with Crippen LogP contribution >= 0.6 is 23.2 Å². The van der Waals surface area contributed by atoms with Crippen LogP contribution in [0.5, 0.6) is 11.6 Å². The lowest BCUT2D eigenvalue weighted by Crippen LogP contribution is -2.21. The standard InChI is InChI=1S/C21H14Cl2F3NO4/c1-2-27-17(31-13-6-4-12(5-7-13)21(24,25)26)10-16(28)18(20(29)30)19(27)11-3-8-14(22)15(23)9-11/h3-10H,2H2,1H3,(H,29,30). The minimum absolute atomic E-state index is 0.0305. The third-order valence-corrected chi connectivity index (χ3v) is 5.14. The third-order valence-electron chi connectivity index (χ3n) is 4.40. The first-order valence-corrected chi connectivity index (χ1v) is 9.60. The first kappa shape index (κ1) is 22.7. The first-order chi connectivity index (χ1) is 14.5. The molecule has 0 radical (unpaired) electrons. The van der Waals surface area contributed by atoms with Gasteiger partial charge in [0.15, 0.2) is 0 Å². The molecule has 1 heterocycles. The van der Waals surface area contributed by atoms with E-state index in [4.69, 9.17) is 27.9 Å². The van der Waals surface area contributed by atoms with E-state index >= 15 is 0 Å². The highest BCUT2D eigenvalue weighted by Crippen LogP contribution is 2.34. The first-order valence-electron chi connectivity index (χ1n) is 8.84. The molecule has 0 fully saturated rings. The molecular weight excluding hydrogens is 458 g/mol. The van der Waals surface area contributed by atoms with Crippen LogP contribution in [0.4, 0.5) is 13.2 Å². The molecule has 0 unspecified atom stereocenters. The van der Waals surface area contributed by atoms with Crippen molar-refractivity contribution in [2.75, 3.05) is 0 Å². The zero-order valence-corrected chi connectivity index (χ0v) is 17.3. The molecule has 0 saturated heterocycles. The smallest absolute Gasteiger partial charge is 0.416 e. The zero-order chi connectivity index (χ0) is 22.9. The Bertz CT molecular complexity index is 1200. The normalized spacial score (nSPS) is 11.4. The molecule has 0 aliphatic heterocycles. The Hall–Kier alpha value is -2.97. The predicted molar refractivity (Wildman–Crippen MR) is 110 cm³/mol. The summed E-state index contributed by atoms with van der Waals surface area (Å²) in [5.41, 5.74) is -1.85. The van der Waals surface area contributed by atoms with E-state index in [0.717, 1.165) is 30.3 Å². The fourth-order valence-electron chi connectivity index (χ4n) is 3.01. The molecule has 3 aromatic rings. The van der Waals surface area contributed by atoms with Crippen LogP contribution in [0, 0.1) is 0 Å². The lowest BCUT2D eigenvalue weighted by Gasteiger charge is -2.20. The summed E-state index contributed by atoms with van der Waals surface area (Å²) in [4.78, 5) is 24.4. The highest BCUT2D eigenvalue weighted by Gasteiger charge is 2.30. The average Bonchev–Trinajstić information content (AvgIpc) is 2.69. The molecule has 1 N–H and O–H groups in total. The van der Waals surface area contributed by atoms with Gasteiger partial charge >= 0.3 is 12.1 Å². The molecule has 5 nitrogen and oxygen atoms in total. The summed E-state index contributed by atoms with van der Waals surface area (Å²) in [6.45, 7) is 1.88. The number of carbonyl (C=O) groups is 1. The Balaban J connectivity index is 2.18. The van der Waals surface area contributed by atoms with Crippen molar-refractivity contribution in [2.24, 2.45) is 0 Å². The summed E-state index contributed by atoms with van der Waals surface area (Å²) in [6.07, 6.45) is -4.51. The number of pyridine rings is 1. The summed E-state index contributed by atoms with van der Waals surface area (Å²) >= 11 is 12.0. The molecular formula is C21H14Cl2F3NO4. The molecule has 0 aliphatic rings. The summed E-state index contributed by atoms with van der Waals surface area (Å²) in [5, 5.41) is 10.0. The van der Waals surface area contributed by atoms with Gasteiger partial charge in [-0.25, -0.2) is 4.79 Å². The maximum Gasteiger partial charge on any atom is 0.416 e. The highest BCUT2D eigenvalue weighted by molar-refractivity contribution is 6.42. The van der Waals surface area contributed by atoms with Gasteiger partial charge in [-0.2, -0.15) is 13.2 Å². The van der Waals surface area contributed by atoms with Crippen molar-refractivity contribution < 1.29 is 27.8 Å². The number of benzene rings is 2. The van der Waals surface area contributed by atoms with Gasteiger partial charge in [0.05, 0.1) is 21.3 Å². The predicted octanol–water partition coefficient (Wildman–Crippen LogP) is 6.35. The Labute approximate surface area is 184 Å². The van der Waals surface area contributed by atoms with Gasteiger partial charge in [-0.15, -0.1) is 0 Å². The number of aromatic carboxylic acids is 1. The minimum Gasteiger partial charge on any atom is -0.477 e. The molecule has 0 saturated carbocycles. The minimum atomic E-state index is -4.51. The van der Waals surface area contributed by atoms with E-state index in [9.17, 15) is 27.9 Å². The van der Waals surface area contributed by atoms with Crippen LogP contribution in [0.1, 0.15) is 22.8 Å². The number of nitrogens with zero attached hydrogens (tertiary/aromatic N) is 1. The van der Waals surface area contributed by atoms with Crippen molar-refractivity contribution >= 4 is 29.2 Å². The number of hydrogen-bond acceptors (Lipinski definition) is 3. The number of aromatic nitrogens is 1. The van der Waals surface area contributed by atoms with Crippen molar-refractivity contribution in [2.45, 2.75) is 19.6 Å². The van der Waals surface area contributed by atoms with Crippen LogP contribution < -0.4 is 10.2 Å². The van der Waals surface area contributed by atoms with Crippen LogP contribution in [0.2, 0.25) is 10.0 Å². The monoisotopic (exact) mass is 471 g/mol. The number of rotatable bonds is 5. The van der Waals surface area contributed by atoms with Gasteiger partial charge in [0.2, 0.25) is 11.3 Å². The van der Waals surface area contributed by atoms with E-state index in [2.05, 4.69) is 0 Å². The van der Waals surface area contributed by atoms with Gasteiger partial charge in [-0.3, -0.25) is 4.79 Å². The zero-order valence-electron chi connectivity index (χ0n) is 15.8. The molecule has 3 rings (SSSR count). The lowest BCUT2D eigenvalue weighted by molar-refractivity contribution is -0.137. The Kier molecular flexibility index (Phi) is 6.33. The number of alkyl halides is 3. The quantitative estimate of drug-likeness (QED) is 0.470. The second-order valence-corrected chi connectivity index (χ2v) is 7.19. The molecule has 0 atom stereocenters. The maximum atomic E-state index is 12.8. The van der Waals surface area contributed by atoms with Gasteiger partial charge in [0, 0.05) is 18.2 Å². The van der Waals surface area contributed by atoms with Crippen molar-refractivity contribution in [1.82, 2.24) is 4.57 Å². The van der Waals surface area contributed by atoms with Crippen molar-refractivity contribution in [3.8, 4) is 22.9 Å². The molecule has 0 aliphatic carbocycles. The van der Waals surface area contributed by atoms with E-state index in [1.54, 1.807) is 6.92 Å². The summed E-state index contributed by atoms with van der Waals surface area (Å²) in [7, 11) is 0. The van der Waals surface area contributed by atoms with E-state index < -0.39 is 28.7 Å². The van der Waals surface area contributed by atoms with Crippen molar-refractivity contribution in [3.63, 3.8) is 0 Å². The summed E-state index contributed by atoms with van der Waals surface area (Å²) in [6, 6.07) is 9.26. The summed E-state index contributed by atoms with van der Waals surface area (Å²) < 4.78 is 45.4. The fraction of sp³-hybridized carbons (Fsp3) is 0.143. The third kappa shape index (κ3) is 4.70. The van der Waals surface area contributed by atoms with Crippen LogP contribution in [-0.2, 0) is 12.7 Å². The number of halogens is 5. The van der Waals surface area contributed by atoms with Crippen LogP contribution in [0.15, 0.2) is 53.3 Å². The van der Waals surface area contributed by atoms with Gasteiger partial charge in [0.1, 0.15) is 11.3 Å². The number of hydrogen-bond donors (Lipinski definition) is 1. The van der Waals surface area contributed by atoms with Gasteiger partial charge in [0.25, 0.3) is 0 Å². The van der Waals surface area contributed by atoms with Gasteiger partial charge in [-0.05, 0) is 43.3 Å². The molecule has 31 heavy (non-hydrogen) atoms. The second kappa shape index (κ2) is 8.64. The SMILES string of the molecule is CCn1c(Oc2ccc(C(F)(F)F)cc2)cc(=O)c(C(=O)O)c1-c1ccc(Cl)c(Cl)c1. The lowest BCUT2D eigenvalue weighted by atomic mass is 10.0. The van der Waals surface area contributed by atoms with Crippen molar-refractivity contribution in [3.05, 3.63) is 79.9 Å². The largest absolute Gasteiger partial charge is 0.477 e. The number of ether oxygens (including phenoxy) is 1. The molecule has 162 valence electrons. The maximum absolute atomic E-state index is 12.8. The fourth-order valence-corrected chi connectivity index (χ4v) is 3.30. The highest BCUT2D eigenvalue weighted by atomic mass is 35.5. The number of carboxylic acid groups (broad SMARTS) is 1. The summed E-state index contributed by atoms with van der Waals surface area (Å²) in [5.74, 6) is -1.45. The topological polar surface area (TPSA) is 68.5 Å². The van der Waals surface area contributed by atoms with Gasteiger partial charge in [-0.1, -0.05) is 29.3 Å². The van der Waals surface area contributed by atoms with Crippen LogP contribution in [-0.4, -0.2) is 15.6 Å². The molecule has 0 bridgehead atoms. The molecule has 0 spiro atoms. The van der Waals surface area contributed by atoms with E-state index in [0.29, 0.717) is 5.56 Å². The Morgan fingerprint density at radius 3 is 2.23 bits per heavy atom. The molecule has 0 amide bonds. The Morgan fingerprint density at radius 2 is 1.71 bits per heavy atom. The molecule has 2 aromatic carbocycles. The van der Waals surface area contributed by atoms with E-state index in [-0.39, 0.29) is 33.9 Å². The van der Waals surface area contributed by atoms with Crippen molar-refractivity contribution in [1.29, 1.82) is 0 Å². The van der Waals surface area contributed by atoms with Gasteiger partial charge < -0.3 is 14.4 Å².